The first-order valence-electron chi connectivity index (χ1n) is 5.30. The summed E-state index contributed by atoms with van der Waals surface area (Å²) < 4.78 is 0. The minimum atomic E-state index is -0.387. The van der Waals surface area contributed by atoms with Crippen LogP contribution in [0, 0.1) is 11.8 Å². The van der Waals surface area contributed by atoms with Gasteiger partial charge in [0.05, 0.1) is 6.10 Å². The molecule has 1 fully saturated rings. The third kappa shape index (κ3) is 2.62. The molecule has 82 valence electrons. The molecule has 0 saturated carbocycles. The summed E-state index contributed by atoms with van der Waals surface area (Å²) in [5.74, 6) is 5.19. The first-order valence-corrected chi connectivity index (χ1v) is 5.30. The fourth-order valence-electron chi connectivity index (χ4n) is 1.65. The third-order valence-corrected chi connectivity index (χ3v) is 2.54. The van der Waals surface area contributed by atoms with Gasteiger partial charge in [-0.1, -0.05) is 24.1 Å². The highest BCUT2D eigenvalue weighted by molar-refractivity contribution is 5.94. The van der Waals surface area contributed by atoms with Crippen molar-refractivity contribution in [2.45, 2.75) is 12.5 Å². The summed E-state index contributed by atoms with van der Waals surface area (Å²) in [7, 11) is 0. The number of likely N-dealkylation sites (tertiary alicyclic amines) is 1. The number of hydrogen-bond acceptors (Lipinski definition) is 2. The van der Waals surface area contributed by atoms with E-state index in [0.717, 1.165) is 5.56 Å². The second-order valence-electron chi connectivity index (χ2n) is 3.81. The van der Waals surface area contributed by atoms with Crippen LogP contribution in [0.4, 0.5) is 0 Å². The van der Waals surface area contributed by atoms with Crippen LogP contribution in [-0.2, 0) is 4.79 Å². The molecule has 1 heterocycles. The largest absolute Gasteiger partial charge is 0.391 e. The molecule has 1 aliphatic rings. The number of benzene rings is 1. The van der Waals surface area contributed by atoms with Gasteiger partial charge in [-0.3, -0.25) is 4.79 Å². The lowest BCUT2D eigenvalue weighted by Crippen LogP contribution is -2.28. The van der Waals surface area contributed by atoms with Gasteiger partial charge in [0.2, 0.25) is 0 Å². The average molecular weight is 215 g/mol. The first kappa shape index (κ1) is 10.7. The number of carbonyl (C=O) groups is 1. The quantitative estimate of drug-likeness (QED) is 0.645. The van der Waals surface area contributed by atoms with Crippen LogP contribution >= 0.6 is 0 Å². The van der Waals surface area contributed by atoms with Crippen LogP contribution in [0.5, 0.6) is 0 Å². The molecule has 0 unspecified atom stereocenters. The summed E-state index contributed by atoms with van der Waals surface area (Å²) in [6.45, 7) is 1.01. The first-order chi connectivity index (χ1) is 7.75. The van der Waals surface area contributed by atoms with Crippen molar-refractivity contribution in [2.24, 2.45) is 0 Å². The molecule has 2 rings (SSSR count). The lowest BCUT2D eigenvalue weighted by Gasteiger charge is -2.10. The van der Waals surface area contributed by atoms with Gasteiger partial charge in [-0.15, -0.1) is 0 Å². The molecule has 1 atom stereocenters. The van der Waals surface area contributed by atoms with Crippen molar-refractivity contribution in [3.05, 3.63) is 35.9 Å². The summed E-state index contributed by atoms with van der Waals surface area (Å²) in [5.41, 5.74) is 0.829. The van der Waals surface area contributed by atoms with Gasteiger partial charge >= 0.3 is 0 Å². The van der Waals surface area contributed by atoms with E-state index in [0.29, 0.717) is 19.5 Å². The van der Waals surface area contributed by atoms with Crippen molar-refractivity contribution >= 4 is 5.91 Å². The van der Waals surface area contributed by atoms with Gasteiger partial charge in [0.1, 0.15) is 0 Å². The SMILES string of the molecule is O=C(C#Cc1ccccc1)N1CC[C@H](O)C1. The molecule has 1 amide bonds. The molecule has 1 aromatic rings. The van der Waals surface area contributed by atoms with Gasteiger partial charge in [0, 0.05) is 24.6 Å². The topological polar surface area (TPSA) is 40.5 Å². The van der Waals surface area contributed by atoms with Crippen LogP contribution in [0.15, 0.2) is 30.3 Å². The Morgan fingerprint density at radius 3 is 2.75 bits per heavy atom. The number of rotatable bonds is 0. The van der Waals surface area contributed by atoms with Crippen molar-refractivity contribution in [2.75, 3.05) is 13.1 Å². The zero-order valence-electron chi connectivity index (χ0n) is 8.89. The van der Waals surface area contributed by atoms with Crippen molar-refractivity contribution < 1.29 is 9.90 Å². The van der Waals surface area contributed by atoms with Gasteiger partial charge in [-0.25, -0.2) is 0 Å². The van der Waals surface area contributed by atoms with Gasteiger partial charge in [0.15, 0.2) is 0 Å². The molecular weight excluding hydrogens is 202 g/mol. The van der Waals surface area contributed by atoms with Crippen LogP contribution in [-0.4, -0.2) is 35.1 Å². The van der Waals surface area contributed by atoms with E-state index >= 15 is 0 Å². The van der Waals surface area contributed by atoms with Gasteiger partial charge in [-0.05, 0) is 18.6 Å². The van der Waals surface area contributed by atoms with E-state index in [1.165, 1.54) is 0 Å². The number of amides is 1. The lowest BCUT2D eigenvalue weighted by atomic mass is 10.2. The average Bonchev–Trinajstić information content (AvgIpc) is 2.74. The van der Waals surface area contributed by atoms with Gasteiger partial charge in [-0.2, -0.15) is 0 Å². The zero-order chi connectivity index (χ0) is 11.4. The molecule has 0 aliphatic carbocycles. The van der Waals surface area contributed by atoms with E-state index in [-0.39, 0.29) is 12.0 Å². The Morgan fingerprint density at radius 2 is 2.12 bits per heavy atom. The van der Waals surface area contributed by atoms with Crippen molar-refractivity contribution in [1.29, 1.82) is 0 Å². The molecule has 0 spiro atoms. The molecule has 0 bridgehead atoms. The Kier molecular flexibility index (Phi) is 3.23. The summed E-state index contributed by atoms with van der Waals surface area (Å²) >= 11 is 0. The van der Waals surface area contributed by atoms with Gasteiger partial charge in [0.25, 0.3) is 5.91 Å². The number of aliphatic hydroxyl groups is 1. The molecule has 3 heteroatoms. The summed E-state index contributed by atoms with van der Waals surface area (Å²) in [6.07, 6.45) is 0.265. The predicted molar refractivity (Wildman–Crippen MR) is 60.5 cm³/mol. The fraction of sp³-hybridized carbons (Fsp3) is 0.308. The van der Waals surface area contributed by atoms with Gasteiger partial charge < -0.3 is 10.0 Å². The number of aliphatic hydroxyl groups excluding tert-OH is 1. The Bertz CT molecular complexity index is 430. The predicted octanol–water partition coefficient (Wildman–Crippen LogP) is 0.631. The molecule has 16 heavy (non-hydrogen) atoms. The summed E-state index contributed by atoms with van der Waals surface area (Å²) in [5, 5.41) is 9.29. The lowest BCUT2D eigenvalue weighted by molar-refractivity contribution is -0.124. The fourth-order valence-corrected chi connectivity index (χ4v) is 1.65. The van der Waals surface area contributed by atoms with Crippen LogP contribution in [0.3, 0.4) is 0 Å². The Morgan fingerprint density at radius 1 is 1.38 bits per heavy atom. The Balaban J connectivity index is 2.00. The van der Waals surface area contributed by atoms with E-state index in [4.69, 9.17) is 0 Å². The maximum absolute atomic E-state index is 11.6. The maximum Gasteiger partial charge on any atom is 0.298 e. The molecule has 0 radical (unpaired) electrons. The molecule has 1 saturated heterocycles. The van der Waals surface area contributed by atoms with Crippen molar-refractivity contribution in [3.63, 3.8) is 0 Å². The van der Waals surface area contributed by atoms with Crippen LogP contribution in [0.2, 0.25) is 0 Å². The number of carbonyl (C=O) groups excluding carboxylic acids is 1. The van der Waals surface area contributed by atoms with E-state index in [2.05, 4.69) is 11.8 Å². The van der Waals surface area contributed by atoms with Crippen molar-refractivity contribution in [3.8, 4) is 11.8 Å². The van der Waals surface area contributed by atoms with Crippen LogP contribution < -0.4 is 0 Å². The normalized spacial score (nSPS) is 19.1. The van der Waals surface area contributed by atoms with E-state index in [1.807, 2.05) is 30.3 Å². The maximum atomic E-state index is 11.6. The van der Waals surface area contributed by atoms with Crippen molar-refractivity contribution in [1.82, 2.24) is 4.90 Å². The standard InChI is InChI=1S/C13H13NO2/c15-12-8-9-14(10-12)13(16)7-6-11-4-2-1-3-5-11/h1-5,12,15H,8-10H2/t12-/m0/s1. The van der Waals surface area contributed by atoms with E-state index in [1.54, 1.807) is 4.90 Å². The molecule has 3 nitrogen and oxygen atoms in total. The molecule has 1 aliphatic heterocycles. The second-order valence-corrected chi connectivity index (χ2v) is 3.81. The summed E-state index contributed by atoms with van der Waals surface area (Å²) in [4.78, 5) is 13.2. The van der Waals surface area contributed by atoms with Crippen LogP contribution in [0.25, 0.3) is 0 Å². The molecule has 0 aromatic heterocycles. The monoisotopic (exact) mass is 215 g/mol. The molecule has 1 aromatic carbocycles. The Labute approximate surface area is 94.7 Å². The second kappa shape index (κ2) is 4.82. The van der Waals surface area contributed by atoms with Crippen LogP contribution in [0.1, 0.15) is 12.0 Å². The minimum absolute atomic E-state index is 0.208. The zero-order valence-corrected chi connectivity index (χ0v) is 8.89. The Hall–Kier alpha value is -1.79. The smallest absolute Gasteiger partial charge is 0.298 e. The number of β-amino-alcohol motifs (C(OH)–C–C–N with tert-alkyl or cyclic N) is 1. The highest BCUT2D eigenvalue weighted by Gasteiger charge is 2.23. The highest BCUT2D eigenvalue weighted by atomic mass is 16.3. The van der Waals surface area contributed by atoms with E-state index in [9.17, 15) is 9.90 Å². The van der Waals surface area contributed by atoms with E-state index < -0.39 is 0 Å². The minimum Gasteiger partial charge on any atom is -0.391 e. The molecule has 1 N–H and O–H groups in total. The third-order valence-electron chi connectivity index (χ3n) is 2.54. The number of hydrogen-bond donors (Lipinski definition) is 1. The number of nitrogens with zero attached hydrogens (tertiary/aromatic N) is 1. The molecular formula is C13H13NO2. The summed E-state index contributed by atoms with van der Waals surface area (Å²) in [6, 6.07) is 9.39. The highest BCUT2D eigenvalue weighted by Crippen LogP contribution is 2.08.